The van der Waals surface area contributed by atoms with E-state index in [1.54, 1.807) is 19.1 Å². The van der Waals surface area contributed by atoms with E-state index < -0.39 is 22.7 Å². The second-order valence-corrected chi connectivity index (χ2v) is 7.61. The van der Waals surface area contributed by atoms with Crippen LogP contribution in [0.4, 0.5) is 0 Å². The second-order valence-electron chi connectivity index (χ2n) is 5.40. The first-order valence-electron chi connectivity index (χ1n) is 5.92. The molecule has 1 N–H and O–H groups in total. The lowest BCUT2D eigenvalue weighted by Gasteiger charge is -2.17. The van der Waals surface area contributed by atoms with Crippen LogP contribution in [0.3, 0.4) is 0 Å². The molecular weight excluding hydrogens is 248 g/mol. The van der Waals surface area contributed by atoms with E-state index in [1.807, 2.05) is 32.9 Å². The highest BCUT2D eigenvalue weighted by Gasteiger charge is 2.19. The summed E-state index contributed by atoms with van der Waals surface area (Å²) in [5.74, 6) is -0.834. The Morgan fingerprint density at radius 1 is 1.28 bits per heavy atom. The topological polar surface area (TPSA) is 54.4 Å². The molecule has 4 heteroatoms. The standard InChI is InChI=1S/C14H20O3S/c1-10(13(15)16)12-7-5-11(6-8-12)9-18(17)14(2,3)4/h5-8,10H,9H2,1-4H3,(H,15,16). The first kappa shape index (κ1) is 14.9. The average molecular weight is 268 g/mol. The number of hydrogen-bond donors (Lipinski definition) is 1. The van der Waals surface area contributed by atoms with Gasteiger partial charge in [0.25, 0.3) is 0 Å². The third kappa shape index (κ3) is 3.95. The molecule has 0 saturated heterocycles. The Balaban J connectivity index is 2.78. The van der Waals surface area contributed by atoms with Crippen molar-refractivity contribution < 1.29 is 14.1 Å². The van der Waals surface area contributed by atoms with Crippen molar-refractivity contribution in [3.05, 3.63) is 35.4 Å². The zero-order chi connectivity index (χ0) is 13.9. The molecular formula is C14H20O3S. The van der Waals surface area contributed by atoms with Crippen LogP contribution in [-0.2, 0) is 21.3 Å². The molecule has 0 aliphatic carbocycles. The average Bonchev–Trinajstić information content (AvgIpc) is 2.27. The monoisotopic (exact) mass is 268 g/mol. The molecule has 0 spiro atoms. The largest absolute Gasteiger partial charge is 0.481 e. The zero-order valence-corrected chi connectivity index (χ0v) is 12.1. The van der Waals surface area contributed by atoms with Crippen molar-refractivity contribution in [3.63, 3.8) is 0 Å². The number of carbonyl (C=O) groups is 1. The van der Waals surface area contributed by atoms with E-state index in [1.165, 1.54) is 0 Å². The van der Waals surface area contributed by atoms with Gasteiger partial charge in [0.2, 0.25) is 0 Å². The quantitative estimate of drug-likeness (QED) is 0.913. The summed E-state index contributed by atoms with van der Waals surface area (Å²) in [6.45, 7) is 7.50. The number of rotatable bonds is 4. The van der Waals surface area contributed by atoms with Gasteiger partial charge >= 0.3 is 5.97 Å². The van der Waals surface area contributed by atoms with Crippen LogP contribution in [0, 0.1) is 0 Å². The fraction of sp³-hybridized carbons (Fsp3) is 0.500. The van der Waals surface area contributed by atoms with Crippen LogP contribution in [0.15, 0.2) is 24.3 Å². The molecule has 1 aromatic carbocycles. The molecule has 3 nitrogen and oxygen atoms in total. The van der Waals surface area contributed by atoms with Crippen LogP contribution >= 0.6 is 0 Å². The summed E-state index contributed by atoms with van der Waals surface area (Å²) in [6, 6.07) is 7.32. The predicted octanol–water partition coefficient (Wildman–Crippen LogP) is 2.92. The van der Waals surface area contributed by atoms with Crippen LogP contribution in [0.2, 0.25) is 0 Å². The molecule has 0 saturated carbocycles. The molecule has 0 fully saturated rings. The number of carboxylic acids is 1. The smallest absolute Gasteiger partial charge is 0.310 e. The summed E-state index contributed by atoms with van der Waals surface area (Å²) in [5.41, 5.74) is 1.75. The Labute approximate surface area is 111 Å². The summed E-state index contributed by atoms with van der Waals surface area (Å²) >= 11 is 0. The molecule has 1 rings (SSSR count). The Bertz CT molecular complexity index is 443. The molecule has 0 radical (unpaired) electrons. The van der Waals surface area contributed by atoms with Crippen molar-refractivity contribution in [3.8, 4) is 0 Å². The molecule has 0 aromatic heterocycles. The normalized spacial score (nSPS) is 15.1. The zero-order valence-electron chi connectivity index (χ0n) is 11.3. The van der Waals surface area contributed by atoms with Gasteiger partial charge in [0.1, 0.15) is 0 Å². The minimum Gasteiger partial charge on any atom is -0.481 e. The molecule has 1 aromatic rings. The van der Waals surface area contributed by atoms with Crippen LogP contribution < -0.4 is 0 Å². The van der Waals surface area contributed by atoms with Crippen LogP contribution in [-0.4, -0.2) is 20.0 Å². The lowest BCUT2D eigenvalue weighted by atomic mass is 10.0. The molecule has 2 atom stereocenters. The van der Waals surface area contributed by atoms with Crippen LogP contribution in [0.25, 0.3) is 0 Å². The summed E-state index contributed by atoms with van der Waals surface area (Å²) in [4.78, 5) is 10.8. The molecule has 0 bridgehead atoms. The third-order valence-corrected chi connectivity index (χ3v) is 4.79. The minimum atomic E-state index is -0.931. The van der Waals surface area contributed by atoms with E-state index in [0.717, 1.165) is 11.1 Å². The van der Waals surface area contributed by atoms with Gasteiger partial charge in [-0.2, -0.15) is 0 Å². The maximum atomic E-state index is 12.0. The molecule has 0 aliphatic heterocycles. The molecule has 0 amide bonds. The number of hydrogen-bond acceptors (Lipinski definition) is 2. The van der Waals surface area contributed by atoms with E-state index >= 15 is 0 Å². The van der Waals surface area contributed by atoms with Gasteiger partial charge in [-0.1, -0.05) is 24.3 Å². The van der Waals surface area contributed by atoms with Gasteiger partial charge in [-0.3, -0.25) is 9.00 Å². The van der Waals surface area contributed by atoms with Crippen molar-refractivity contribution in [1.82, 2.24) is 0 Å². The van der Waals surface area contributed by atoms with Crippen molar-refractivity contribution in [2.24, 2.45) is 0 Å². The van der Waals surface area contributed by atoms with E-state index in [4.69, 9.17) is 5.11 Å². The third-order valence-electron chi connectivity index (χ3n) is 2.83. The van der Waals surface area contributed by atoms with Crippen molar-refractivity contribution in [2.75, 3.05) is 0 Å². The first-order chi connectivity index (χ1) is 8.21. The van der Waals surface area contributed by atoms with Gasteiger partial charge in [-0.05, 0) is 38.8 Å². The van der Waals surface area contributed by atoms with E-state index in [-0.39, 0.29) is 4.75 Å². The summed E-state index contributed by atoms with van der Waals surface area (Å²) in [6.07, 6.45) is 0. The molecule has 0 aliphatic rings. The van der Waals surface area contributed by atoms with Crippen molar-refractivity contribution in [2.45, 2.75) is 44.1 Å². The summed E-state index contributed by atoms with van der Waals surface area (Å²) in [7, 11) is -0.931. The minimum absolute atomic E-state index is 0.229. The summed E-state index contributed by atoms with van der Waals surface area (Å²) < 4.78 is 11.7. The van der Waals surface area contributed by atoms with E-state index in [9.17, 15) is 9.00 Å². The number of benzene rings is 1. The first-order valence-corrected chi connectivity index (χ1v) is 7.24. The maximum Gasteiger partial charge on any atom is 0.310 e. The second kappa shape index (κ2) is 5.65. The van der Waals surface area contributed by atoms with Crippen molar-refractivity contribution in [1.29, 1.82) is 0 Å². The van der Waals surface area contributed by atoms with Gasteiger partial charge in [0.05, 0.1) is 5.92 Å². The predicted molar refractivity (Wildman–Crippen MR) is 74.1 cm³/mol. The highest BCUT2D eigenvalue weighted by molar-refractivity contribution is 7.85. The van der Waals surface area contributed by atoms with Gasteiger partial charge in [0, 0.05) is 21.3 Å². The summed E-state index contributed by atoms with van der Waals surface area (Å²) in [5, 5.41) is 8.91. The highest BCUT2D eigenvalue weighted by Crippen LogP contribution is 2.19. The molecule has 100 valence electrons. The Kier molecular flexibility index (Phi) is 4.68. The number of aliphatic carboxylic acids is 1. The molecule has 2 unspecified atom stereocenters. The molecule has 0 heterocycles. The van der Waals surface area contributed by atoms with Gasteiger partial charge in [-0.25, -0.2) is 0 Å². The van der Waals surface area contributed by atoms with Crippen LogP contribution in [0.1, 0.15) is 44.7 Å². The SMILES string of the molecule is CC(C(=O)O)c1ccc(CS(=O)C(C)(C)C)cc1. The Morgan fingerprint density at radius 3 is 2.17 bits per heavy atom. The number of carboxylic acid groups (broad SMARTS) is 1. The van der Waals surface area contributed by atoms with Gasteiger partial charge in [-0.15, -0.1) is 0 Å². The van der Waals surface area contributed by atoms with E-state index in [0.29, 0.717) is 5.75 Å². The Morgan fingerprint density at radius 2 is 1.78 bits per heavy atom. The maximum absolute atomic E-state index is 12.0. The lowest BCUT2D eigenvalue weighted by Crippen LogP contribution is -2.22. The van der Waals surface area contributed by atoms with Crippen molar-refractivity contribution >= 4 is 16.8 Å². The Hall–Kier alpha value is -1.16. The lowest BCUT2D eigenvalue weighted by molar-refractivity contribution is -0.138. The van der Waals surface area contributed by atoms with Gasteiger partial charge in [0.15, 0.2) is 0 Å². The fourth-order valence-electron chi connectivity index (χ4n) is 1.41. The molecule has 18 heavy (non-hydrogen) atoms. The van der Waals surface area contributed by atoms with Crippen LogP contribution in [0.5, 0.6) is 0 Å². The fourth-order valence-corrected chi connectivity index (χ4v) is 2.34. The van der Waals surface area contributed by atoms with E-state index in [2.05, 4.69) is 0 Å². The highest BCUT2D eigenvalue weighted by atomic mass is 32.2. The van der Waals surface area contributed by atoms with Gasteiger partial charge < -0.3 is 5.11 Å².